The average molecular weight is 122 g/mol. The number of rotatable bonds is 3. The van der Waals surface area contributed by atoms with Crippen molar-refractivity contribution in [1.29, 1.82) is 0 Å². The first kappa shape index (κ1) is 7.97. The summed E-state index contributed by atoms with van der Waals surface area (Å²) in [6.07, 6.45) is 10.0. The molecule has 0 N–H and O–H groups in total. The van der Waals surface area contributed by atoms with Crippen LogP contribution >= 0.6 is 0 Å². The monoisotopic (exact) mass is 122 g/mol. The van der Waals surface area contributed by atoms with Gasteiger partial charge in [-0.25, -0.2) is 0 Å². The number of hydrogen-bond donors (Lipinski definition) is 0. The Morgan fingerprint density at radius 2 is 2.44 bits per heavy atom. The predicted molar refractivity (Wildman–Crippen MR) is 37.9 cm³/mol. The minimum atomic E-state index is -0.247. The van der Waals surface area contributed by atoms with Crippen LogP contribution in [0.1, 0.15) is 19.8 Å². The van der Waals surface area contributed by atoms with Gasteiger partial charge in [-0.15, -0.1) is 6.42 Å². The van der Waals surface area contributed by atoms with E-state index in [0.29, 0.717) is 0 Å². The Morgan fingerprint density at radius 3 is 2.89 bits per heavy atom. The second-order valence-electron chi connectivity index (χ2n) is 1.70. The molecule has 0 aliphatic heterocycles. The molecular formula is C8H10O. The summed E-state index contributed by atoms with van der Waals surface area (Å²) in [5, 5.41) is 0. The number of carbonyl (C=O) groups is 1. The molecule has 0 radical (unpaired) electrons. The zero-order chi connectivity index (χ0) is 7.11. The first-order valence-electron chi connectivity index (χ1n) is 2.98. The summed E-state index contributed by atoms with van der Waals surface area (Å²) in [6.45, 7) is 2.05. The van der Waals surface area contributed by atoms with Crippen molar-refractivity contribution in [2.75, 3.05) is 0 Å². The Labute approximate surface area is 55.8 Å². The lowest BCUT2D eigenvalue weighted by Crippen LogP contribution is -1.82. The van der Waals surface area contributed by atoms with Gasteiger partial charge in [0, 0.05) is 0 Å². The fraction of sp³-hybridized carbons (Fsp3) is 0.375. The van der Waals surface area contributed by atoms with Crippen molar-refractivity contribution < 1.29 is 4.79 Å². The fourth-order valence-corrected chi connectivity index (χ4v) is 0.405. The number of unbranched alkanes of at least 4 members (excludes halogenated alkanes) is 1. The molecule has 0 aromatic heterocycles. The second-order valence-corrected chi connectivity index (χ2v) is 1.70. The van der Waals surface area contributed by atoms with Crippen molar-refractivity contribution in [2.45, 2.75) is 19.8 Å². The van der Waals surface area contributed by atoms with Gasteiger partial charge < -0.3 is 0 Å². The highest BCUT2D eigenvalue weighted by Gasteiger charge is 1.82. The molecule has 0 unspecified atom stereocenters. The van der Waals surface area contributed by atoms with Crippen LogP contribution in [-0.2, 0) is 4.79 Å². The maximum Gasteiger partial charge on any atom is 0.228 e. The second kappa shape index (κ2) is 5.11. The third-order valence-corrected chi connectivity index (χ3v) is 0.867. The SMILES string of the molecule is C#CC(=O)/C=C/CCC. The summed E-state index contributed by atoms with van der Waals surface area (Å²) in [7, 11) is 0. The molecule has 0 bridgehead atoms. The predicted octanol–water partition coefficient (Wildman–Crippen LogP) is 1.54. The summed E-state index contributed by atoms with van der Waals surface area (Å²) < 4.78 is 0. The van der Waals surface area contributed by atoms with Gasteiger partial charge in [0.25, 0.3) is 0 Å². The molecule has 0 saturated heterocycles. The Balaban J connectivity index is 3.48. The lowest BCUT2D eigenvalue weighted by Gasteiger charge is -1.79. The Bertz CT molecular complexity index is 148. The third-order valence-electron chi connectivity index (χ3n) is 0.867. The zero-order valence-electron chi connectivity index (χ0n) is 5.55. The maximum atomic E-state index is 10.4. The topological polar surface area (TPSA) is 17.1 Å². The summed E-state index contributed by atoms with van der Waals surface area (Å²) in [6, 6.07) is 0. The molecule has 0 rings (SSSR count). The fourth-order valence-electron chi connectivity index (χ4n) is 0.405. The molecular weight excluding hydrogens is 112 g/mol. The lowest BCUT2D eigenvalue weighted by atomic mass is 10.3. The van der Waals surface area contributed by atoms with Crippen LogP contribution in [0.3, 0.4) is 0 Å². The largest absolute Gasteiger partial charge is 0.280 e. The number of allylic oxidation sites excluding steroid dienone is 2. The number of terminal acetylenes is 1. The van der Waals surface area contributed by atoms with Crippen molar-refractivity contribution in [3.05, 3.63) is 12.2 Å². The van der Waals surface area contributed by atoms with E-state index in [1.807, 2.05) is 12.8 Å². The van der Waals surface area contributed by atoms with Gasteiger partial charge in [0.05, 0.1) is 0 Å². The van der Waals surface area contributed by atoms with Crippen molar-refractivity contribution in [1.82, 2.24) is 0 Å². The number of hydrogen-bond acceptors (Lipinski definition) is 1. The van der Waals surface area contributed by atoms with E-state index in [2.05, 4.69) is 0 Å². The quantitative estimate of drug-likeness (QED) is 0.315. The highest BCUT2D eigenvalue weighted by atomic mass is 16.1. The van der Waals surface area contributed by atoms with E-state index in [-0.39, 0.29) is 5.78 Å². The van der Waals surface area contributed by atoms with Crippen molar-refractivity contribution >= 4 is 5.78 Å². The first-order valence-corrected chi connectivity index (χ1v) is 2.98. The van der Waals surface area contributed by atoms with Crippen LogP contribution in [0.4, 0.5) is 0 Å². The molecule has 0 heterocycles. The van der Waals surface area contributed by atoms with E-state index in [1.54, 1.807) is 6.08 Å². The smallest absolute Gasteiger partial charge is 0.228 e. The molecule has 1 nitrogen and oxygen atoms in total. The van der Waals surface area contributed by atoms with Crippen LogP contribution < -0.4 is 0 Å². The normalized spacial score (nSPS) is 9.33. The minimum absolute atomic E-state index is 0.247. The lowest BCUT2D eigenvalue weighted by molar-refractivity contribution is -0.109. The molecule has 0 spiro atoms. The molecule has 0 aliphatic rings. The van der Waals surface area contributed by atoms with E-state index >= 15 is 0 Å². The molecule has 48 valence electrons. The van der Waals surface area contributed by atoms with E-state index in [0.717, 1.165) is 12.8 Å². The standard InChI is InChI=1S/C8H10O/c1-3-5-6-7-8(9)4-2/h2,6-7H,3,5H2,1H3/b7-6+. The summed E-state index contributed by atoms with van der Waals surface area (Å²) >= 11 is 0. The van der Waals surface area contributed by atoms with Gasteiger partial charge in [-0.2, -0.15) is 0 Å². The van der Waals surface area contributed by atoms with Crippen LogP contribution in [-0.4, -0.2) is 5.78 Å². The molecule has 9 heavy (non-hydrogen) atoms. The van der Waals surface area contributed by atoms with E-state index in [4.69, 9.17) is 6.42 Å². The van der Waals surface area contributed by atoms with Gasteiger partial charge >= 0.3 is 0 Å². The average Bonchev–Trinajstić information content (AvgIpc) is 1.89. The van der Waals surface area contributed by atoms with Crippen LogP contribution in [0.25, 0.3) is 0 Å². The van der Waals surface area contributed by atoms with Gasteiger partial charge in [-0.1, -0.05) is 19.4 Å². The Morgan fingerprint density at radius 1 is 1.78 bits per heavy atom. The Hall–Kier alpha value is -1.03. The van der Waals surface area contributed by atoms with Crippen molar-refractivity contribution in [2.24, 2.45) is 0 Å². The van der Waals surface area contributed by atoms with Crippen molar-refractivity contribution in [3.63, 3.8) is 0 Å². The minimum Gasteiger partial charge on any atom is -0.280 e. The van der Waals surface area contributed by atoms with Gasteiger partial charge in [-0.3, -0.25) is 4.79 Å². The molecule has 0 aliphatic carbocycles. The summed E-state index contributed by atoms with van der Waals surface area (Å²) in [5.74, 6) is 1.75. The molecule has 0 aromatic carbocycles. The summed E-state index contributed by atoms with van der Waals surface area (Å²) in [4.78, 5) is 10.4. The van der Waals surface area contributed by atoms with Gasteiger partial charge in [0.1, 0.15) is 0 Å². The molecule has 0 amide bonds. The Kier molecular flexibility index (Phi) is 4.53. The highest BCUT2D eigenvalue weighted by molar-refractivity contribution is 6.03. The molecule has 1 heteroatoms. The van der Waals surface area contributed by atoms with Crippen LogP contribution in [0.15, 0.2) is 12.2 Å². The molecule has 0 saturated carbocycles. The number of carbonyl (C=O) groups excluding carboxylic acids is 1. The van der Waals surface area contributed by atoms with Crippen LogP contribution in [0.5, 0.6) is 0 Å². The number of ketones is 1. The van der Waals surface area contributed by atoms with Gasteiger partial charge in [0.15, 0.2) is 0 Å². The zero-order valence-corrected chi connectivity index (χ0v) is 5.55. The molecule has 0 atom stereocenters. The van der Waals surface area contributed by atoms with Crippen LogP contribution in [0.2, 0.25) is 0 Å². The van der Waals surface area contributed by atoms with E-state index in [9.17, 15) is 4.79 Å². The molecule has 0 fully saturated rings. The first-order chi connectivity index (χ1) is 4.31. The van der Waals surface area contributed by atoms with Gasteiger partial charge in [-0.05, 0) is 18.4 Å². The summed E-state index contributed by atoms with van der Waals surface area (Å²) in [5.41, 5.74) is 0. The third kappa shape index (κ3) is 4.83. The van der Waals surface area contributed by atoms with E-state index < -0.39 is 0 Å². The van der Waals surface area contributed by atoms with E-state index in [1.165, 1.54) is 6.08 Å². The highest BCUT2D eigenvalue weighted by Crippen LogP contribution is 1.87. The van der Waals surface area contributed by atoms with Crippen LogP contribution in [0, 0.1) is 12.3 Å². The maximum absolute atomic E-state index is 10.4. The van der Waals surface area contributed by atoms with Gasteiger partial charge in [0.2, 0.25) is 5.78 Å². The molecule has 0 aromatic rings. The van der Waals surface area contributed by atoms with Crippen molar-refractivity contribution in [3.8, 4) is 12.3 Å².